The van der Waals surface area contributed by atoms with E-state index in [1.165, 1.54) is 12.1 Å². The van der Waals surface area contributed by atoms with Crippen molar-refractivity contribution >= 4 is 17.3 Å². The molecule has 2 aliphatic rings. The number of piperazine rings is 1. The fourth-order valence-corrected chi connectivity index (χ4v) is 4.53. The number of fused-ring (bicyclic) bond motifs is 3. The summed E-state index contributed by atoms with van der Waals surface area (Å²) >= 11 is 0. The standard InChI is InChI=1S/C22H23F4N3O/c1-2-27-21(30)16-12-14-11-15(22(24,25)26)7-8-18(14)29-10-9-28(13-20(16)29)19-6-4-3-5-17(19)23/h3-8,11,16,20H,2,9-10,12-13H2,1H3,(H,27,30)/t16-,20+/m0/s1. The number of hydrogen-bond acceptors (Lipinski definition) is 3. The van der Waals surface area contributed by atoms with E-state index in [0.29, 0.717) is 37.4 Å². The van der Waals surface area contributed by atoms with Crippen LogP contribution in [0.25, 0.3) is 0 Å². The van der Waals surface area contributed by atoms with Crippen LogP contribution in [0.2, 0.25) is 0 Å². The second-order valence-corrected chi connectivity index (χ2v) is 7.70. The number of rotatable bonds is 3. The van der Waals surface area contributed by atoms with Crippen LogP contribution in [-0.2, 0) is 17.4 Å². The normalized spacial score (nSPS) is 21.1. The maximum Gasteiger partial charge on any atom is 0.416 e. The zero-order valence-electron chi connectivity index (χ0n) is 16.5. The molecule has 0 aliphatic carbocycles. The smallest absolute Gasteiger partial charge is 0.365 e. The van der Waals surface area contributed by atoms with Gasteiger partial charge in [0.1, 0.15) is 5.82 Å². The van der Waals surface area contributed by atoms with E-state index in [1.54, 1.807) is 25.1 Å². The Labute approximate surface area is 172 Å². The molecule has 0 bridgehead atoms. The Balaban J connectivity index is 1.70. The van der Waals surface area contributed by atoms with Gasteiger partial charge in [-0.1, -0.05) is 12.1 Å². The topological polar surface area (TPSA) is 35.6 Å². The average Bonchev–Trinajstić information content (AvgIpc) is 2.72. The van der Waals surface area contributed by atoms with Crippen LogP contribution in [-0.4, -0.2) is 38.1 Å². The highest BCUT2D eigenvalue weighted by Crippen LogP contribution is 2.40. The lowest BCUT2D eigenvalue weighted by atomic mass is 9.82. The van der Waals surface area contributed by atoms with Crippen molar-refractivity contribution in [3.63, 3.8) is 0 Å². The number of anilines is 2. The highest BCUT2D eigenvalue weighted by molar-refractivity contribution is 5.82. The van der Waals surface area contributed by atoms with Gasteiger partial charge in [-0.25, -0.2) is 4.39 Å². The lowest BCUT2D eigenvalue weighted by molar-refractivity contribution is -0.137. The molecule has 0 aromatic heterocycles. The number of benzene rings is 2. The first-order valence-corrected chi connectivity index (χ1v) is 10.0. The van der Waals surface area contributed by atoms with Gasteiger partial charge in [-0.15, -0.1) is 0 Å². The molecular formula is C22H23F4N3O. The highest BCUT2D eigenvalue weighted by Gasteiger charge is 2.42. The van der Waals surface area contributed by atoms with Gasteiger partial charge >= 0.3 is 6.18 Å². The van der Waals surface area contributed by atoms with Crippen molar-refractivity contribution in [3.8, 4) is 0 Å². The number of halogens is 4. The van der Waals surface area contributed by atoms with E-state index in [0.717, 1.165) is 17.8 Å². The summed E-state index contributed by atoms with van der Waals surface area (Å²) in [5.74, 6) is -1.03. The van der Waals surface area contributed by atoms with Crippen molar-refractivity contribution in [3.05, 3.63) is 59.4 Å². The summed E-state index contributed by atoms with van der Waals surface area (Å²) in [6.45, 7) is 3.67. The predicted octanol–water partition coefficient (Wildman–Crippen LogP) is 3.85. The van der Waals surface area contributed by atoms with Gasteiger partial charge in [0, 0.05) is 31.9 Å². The largest absolute Gasteiger partial charge is 0.416 e. The molecule has 160 valence electrons. The molecule has 2 heterocycles. The third kappa shape index (κ3) is 3.70. The van der Waals surface area contributed by atoms with Crippen molar-refractivity contribution in [1.29, 1.82) is 0 Å². The van der Waals surface area contributed by atoms with E-state index in [-0.39, 0.29) is 24.2 Å². The van der Waals surface area contributed by atoms with E-state index in [1.807, 2.05) is 9.80 Å². The summed E-state index contributed by atoms with van der Waals surface area (Å²) in [5.41, 5.74) is 1.02. The Morgan fingerprint density at radius 3 is 2.60 bits per heavy atom. The van der Waals surface area contributed by atoms with Gasteiger partial charge in [-0.05, 0) is 49.2 Å². The van der Waals surface area contributed by atoms with Crippen molar-refractivity contribution < 1.29 is 22.4 Å². The summed E-state index contributed by atoms with van der Waals surface area (Å²) in [4.78, 5) is 16.7. The minimum atomic E-state index is -4.43. The first-order valence-electron chi connectivity index (χ1n) is 10.0. The molecule has 4 rings (SSSR count). The number of carbonyl (C=O) groups is 1. The lowest BCUT2D eigenvalue weighted by Crippen LogP contribution is -2.61. The second-order valence-electron chi connectivity index (χ2n) is 7.70. The summed E-state index contributed by atoms with van der Waals surface area (Å²) < 4.78 is 54.0. The Kier molecular flexibility index (Phi) is 5.34. The quantitative estimate of drug-likeness (QED) is 0.765. The van der Waals surface area contributed by atoms with E-state index in [4.69, 9.17) is 0 Å². The van der Waals surface area contributed by atoms with Gasteiger partial charge in [0.25, 0.3) is 0 Å². The van der Waals surface area contributed by atoms with Crippen molar-refractivity contribution in [2.75, 3.05) is 36.0 Å². The Morgan fingerprint density at radius 1 is 1.13 bits per heavy atom. The number of carbonyl (C=O) groups excluding carboxylic acids is 1. The molecular weight excluding hydrogens is 398 g/mol. The van der Waals surface area contributed by atoms with Crippen molar-refractivity contribution in [2.45, 2.75) is 25.6 Å². The Hall–Kier alpha value is -2.77. The average molecular weight is 421 g/mol. The van der Waals surface area contributed by atoms with Crippen LogP contribution >= 0.6 is 0 Å². The molecule has 2 aliphatic heterocycles. The molecule has 0 radical (unpaired) electrons. The highest BCUT2D eigenvalue weighted by atomic mass is 19.4. The summed E-state index contributed by atoms with van der Waals surface area (Å²) in [7, 11) is 0. The number of amides is 1. The molecule has 4 nitrogen and oxygen atoms in total. The molecule has 2 aromatic carbocycles. The maximum absolute atomic E-state index is 14.3. The molecule has 2 atom stereocenters. The van der Waals surface area contributed by atoms with Gasteiger partial charge in [-0.2, -0.15) is 13.2 Å². The number of nitrogens with one attached hydrogen (secondary N) is 1. The summed E-state index contributed by atoms with van der Waals surface area (Å²) in [5, 5.41) is 2.81. The summed E-state index contributed by atoms with van der Waals surface area (Å²) in [6.07, 6.45) is -4.21. The molecule has 1 saturated heterocycles. The van der Waals surface area contributed by atoms with Gasteiger partial charge in [-0.3, -0.25) is 4.79 Å². The maximum atomic E-state index is 14.3. The Morgan fingerprint density at radius 2 is 1.90 bits per heavy atom. The molecule has 1 amide bonds. The first-order chi connectivity index (χ1) is 14.3. The first kappa shape index (κ1) is 20.5. The fourth-order valence-electron chi connectivity index (χ4n) is 4.53. The van der Waals surface area contributed by atoms with Crippen LogP contribution in [0, 0.1) is 11.7 Å². The Bertz CT molecular complexity index is 946. The SMILES string of the molecule is CCNC(=O)[C@H]1Cc2cc(C(F)(F)F)ccc2N2CCN(c3ccccc3F)C[C@H]12. The van der Waals surface area contributed by atoms with Crippen LogP contribution in [0.5, 0.6) is 0 Å². The van der Waals surface area contributed by atoms with Crippen LogP contribution in [0.3, 0.4) is 0 Å². The molecule has 8 heteroatoms. The summed E-state index contributed by atoms with van der Waals surface area (Å²) in [6, 6.07) is 9.98. The van der Waals surface area contributed by atoms with Gasteiger partial charge in [0.2, 0.25) is 5.91 Å². The van der Waals surface area contributed by atoms with Crippen LogP contribution in [0.15, 0.2) is 42.5 Å². The van der Waals surface area contributed by atoms with Crippen molar-refractivity contribution in [2.24, 2.45) is 5.92 Å². The zero-order valence-corrected chi connectivity index (χ0v) is 16.5. The number of alkyl halides is 3. The van der Waals surface area contributed by atoms with E-state index < -0.39 is 17.7 Å². The molecule has 30 heavy (non-hydrogen) atoms. The van der Waals surface area contributed by atoms with E-state index in [9.17, 15) is 22.4 Å². The molecule has 2 aromatic rings. The number of hydrogen-bond donors (Lipinski definition) is 1. The fraction of sp³-hybridized carbons (Fsp3) is 0.409. The van der Waals surface area contributed by atoms with E-state index >= 15 is 0 Å². The number of para-hydroxylation sites is 1. The van der Waals surface area contributed by atoms with Gasteiger partial charge in [0.15, 0.2) is 0 Å². The minimum Gasteiger partial charge on any atom is -0.365 e. The van der Waals surface area contributed by atoms with E-state index in [2.05, 4.69) is 5.32 Å². The minimum absolute atomic E-state index is 0.189. The van der Waals surface area contributed by atoms with Gasteiger partial charge in [0.05, 0.1) is 23.2 Å². The van der Waals surface area contributed by atoms with Crippen LogP contribution < -0.4 is 15.1 Å². The number of nitrogens with zero attached hydrogens (tertiary/aromatic N) is 2. The molecule has 0 spiro atoms. The third-order valence-electron chi connectivity index (χ3n) is 5.92. The lowest BCUT2D eigenvalue weighted by Gasteiger charge is -2.49. The van der Waals surface area contributed by atoms with Crippen LogP contribution in [0.1, 0.15) is 18.1 Å². The van der Waals surface area contributed by atoms with Gasteiger partial charge < -0.3 is 15.1 Å². The predicted molar refractivity (Wildman–Crippen MR) is 107 cm³/mol. The molecule has 0 saturated carbocycles. The van der Waals surface area contributed by atoms with Crippen LogP contribution in [0.4, 0.5) is 28.9 Å². The third-order valence-corrected chi connectivity index (χ3v) is 5.92. The van der Waals surface area contributed by atoms with Crippen molar-refractivity contribution in [1.82, 2.24) is 5.32 Å². The zero-order chi connectivity index (χ0) is 21.5. The molecule has 1 N–H and O–H groups in total. The second kappa shape index (κ2) is 7.81. The monoisotopic (exact) mass is 421 g/mol. The molecule has 0 unspecified atom stereocenters. The molecule has 1 fully saturated rings.